The average molecular weight is 344 g/mol. The van der Waals surface area contributed by atoms with Gasteiger partial charge >= 0.3 is 5.69 Å². The number of hydrogen-bond donors (Lipinski definition) is 3. The first-order valence-corrected chi connectivity index (χ1v) is 8.16. The Bertz CT molecular complexity index is 1100. The zero-order valence-corrected chi connectivity index (χ0v) is 13.8. The normalized spacial score (nSPS) is 10.8. The summed E-state index contributed by atoms with van der Waals surface area (Å²) in [5, 5.41) is 13.4. The number of anilines is 1. The minimum atomic E-state index is -0.429. The van der Waals surface area contributed by atoms with Crippen molar-refractivity contribution in [2.45, 2.75) is 6.54 Å². The first-order chi connectivity index (χ1) is 12.7. The number of benzene rings is 2. The summed E-state index contributed by atoms with van der Waals surface area (Å²) in [6.45, 7) is 0.538. The van der Waals surface area contributed by atoms with Crippen LogP contribution < -0.4 is 11.0 Å². The Morgan fingerprint density at radius 3 is 2.38 bits per heavy atom. The Balaban J connectivity index is 1.54. The molecule has 4 aromatic rings. The molecule has 128 valence electrons. The number of aromatic nitrogens is 3. The van der Waals surface area contributed by atoms with E-state index < -0.39 is 5.69 Å². The number of aromatic hydroxyl groups is 1. The Morgan fingerprint density at radius 2 is 1.65 bits per heavy atom. The summed E-state index contributed by atoms with van der Waals surface area (Å²) in [5.74, 6) is 0.765. The van der Waals surface area contributed by atoms with Gasteiger partial charge < -0.3 is 10.4 Å². The smallest absolute Gasteiger partial charge is 0.348 e. The van der Waals surface area contributed by atoms with Gasteiger partial charge in [-0.25, -0.2) is 9.78 Å². The number of pyridine rings is 1. The minimum absolute atomic E-state index is 0.252. The summed E-state index contributed by atoms with van der Waals surface area (Å²) in [7, 11) is 0. The first kappa shape index (κ1) is 15.8. The third-order valence-electron chi connectivity index (χ3n) is 4.12. The van der Waals surface area contributed by atoms with Gasteiger partial charge in [0.05, 0.1) is 5.39 Å². The third-order valence-corrected chi connectivity index (χ3v) is 4.12. The van der Waals surface area contributed by atoms with Crippen molar-refractivity contribution < 1.29 is 5.11 Å². The molecule has 26 heavy (non-hydrogen) atoms. The summed E-state index contributed by atoms with van der Waals surface area (Å²) >= 11 is 0. The molecule has 6 nitrogen and oxygen atoms in total. The van der Waals surface area contributed by atoms with Crippen LogP contribution in [0.4, 0.5) is 5.82 Å². The summed E-state index contributed by atoms with van der Waals surface area (Å²) in [5.41, 5.74) is 3.25. The zero-order chi connectivity index (χ0) is 17.9. The van der Waals surface area contributed by atoms with Crippen LogP contribution in [0.1, 0.15) is 5.56 Å². The molecule has 0 atom stereocenters. The van der Waals surface area contributed by atoms with Gasteiger partial charge in [-0.05, 0) is 41.0 Å². The molecule has 3 N–H and O–H groups in total. The maximum absolute atomic E-state index is 11.7. The number of nitrogens with one attached hydrogen (secondary N) is 2. The van der Waals surface area contributed by atoms with E-state index in [2.05, 4.69) is 20.3 Å². The molecule has 0 bridgehead atoms. The fourth-order valence-corrected chi connectivity index (χ4v) is 2.78. The van der Waals surface area contributed by atoms with Crippen molar-refractivity contribution in [1.29, 1.82) is 0 Å². The van der Waals surface area contributed by atoms with E-state index >= 15 is 0 Å². The molecule has 0 spiro atoms. The van der Waals surface area contributed by atoms with E-state index in [1.165, 1.54) is 0 Å². The SMILES string of the molecule is O=c1nc(NCc2ccc(-c3ccc(O)cc3)cc2)c2cccnc2[nH]1. The molecule has 2 aromatic heterocycles. The van der Waals surface area contributed by atoms with Crippen molar-refractivity contribution in [2.24, 2.45) is 0 Å². The molecule has 2 heterocycles. The highest BCUT2D eigenvalue weighted by Crippen LogP contribution is 2.23. The lowest BCUT2D eigenvalue weighted by Crippen LogP contribution is -2.14. The van der Waals surface area contributed by atoms with E-state index in [0.29, 0.717) is 18.0 Å². The van der Waals surface area contributed by atoms with Crippen LogP contribution in [0.5, 0.6) is 5.75 Å². The van der Waals surface area contributed by atoms with Crippen LogP contribution >= 0.6 is 0 Å². The molecule has 0 aliphatic rings. The Labute approximate surface area is 149 Å². The molecule has 6 heteroatoms. The monoisotopic (exact) mass is 344 g/mol. The third kappa shape index (κ3) is 3.25. The van der Waals surface area contributed by atoms with Gasteiger partial charge in [-0.15, -0.1) is 0 Å². The summed E-state index contributed by atoms with van der Waals surface area (Å²) in [4.78, 5) is 22.5. The van der Waals surface area contributed by atoms with Crippen molar-refractivity contribution in [3.8, 4) is 16.9 Å². The summed E-state index contributed by atoms with van der Waals surface area (Å²) in [6.07, 6.45) is 1.63. The molecule has 0 fully saturated rings. The standard InChI is InChI=1S/C20H16N4O2/c25-16-9-7-15(8-10-16)14-5-3-13(4-6-14)12-22-19-17-2-1-11-21-18(17)23-20(26)24-19/h1-11,25H,12H2,(H2,21,22,23,24,26). The van der Waals surface area contributed by atoms with Gasteiger partial charge in [-0.2, -0.15) is 4.98 Å². The second-order valence-electron chi connectivity index (χ2n) is 5.89. The molecule has 0 unspecified atom stereocenters. The minimum Gasteiger partial charge on any atom is -0.508 e. The lowest BCUT2D eigenvalue weighted by Gasteiger charge is -2.09. The maximum atomic E-state index is 11.7. The van der Waals surface area contributed by atoms with Crippen molar-refractivity contribution in [3.05, 3.63) is 82.9 Å². The van der Waals surface area contributed by atoms with Crippen LogP contribution in [0, 0.1) is 0 Å². The number of phenols is 1. The van der Waals surface area contributed by atoms with Crippen molar-refractivity contribution in [2.75, 3.05) is 5.32 Å². The molecule has 0 aliphatic heterocycles. The van der Waals surface area contributed by atoms with Crippen molar-refractivity contribution >= 4 is 16.9 Å². The fourth-order valence-electron chi connectivity index (χ4n) is 2.78. The highest BCUT2D eigenvalue weighted by Gasteiger charge is 2.05. The van der Waals surface area contributed by atoms with Gasteiger partial charge in [0.15, 0.2) is 0 Å². The van der Waals surface area contributed by atoms with Gasteiger partial charge in [-0.3, -0.25) is 4.98 Å². The number of phenolic OH excluding ortho intramolecular Hbond substituents is 1. The van der Waals surface area contributed by atoms with E-state index in [-0.39, 0.29) is 5.75 Å². The molecule has 0 saturated heterocycles. The molecule has 0 radical (unpaired) electrons. The Hall–Kier alpha value is -3.67. The van der Waals surface area contributed by atoms with Gasteiger partial charge in [-0.1, -0.05) is 36.4 Å². The second kappa shape index (κ2) is 6.68. The lowest BCUT2D eigenvalue weighted by atomic mass is 10.0. The van der Waals surface area contributed by atoms with E-state index in [1.807, 2.05) is 42.5 Å². The molecular weight excluding hydrogens is 328 g/mol. The number of rotatable bonds is 4. The van der Waals surface area contributed by atoms with Crippen LogP contribution in [0.15, 0.2) is 71.7 Å². The molecule has 0 amide bonds. The van der Waals surface area contributed by atoms with Crippen LogP contribution in [0.25, 0.3) is 22.2 Å². The quantitative estimate of drug-likeness (QED) is 0.528. The zero-order valence-electron chi connectivity index (χ0n) is 13.8. The molecule has 0 aliphatic carbocycles. The van der Waals surface area contributed by atoms with E-state index in [9.17, 15) is 9.90 Å². The van der Waals surface area contributed by atoms with E-state index in [4.69, 9.17) is 0 Å². The molecule has 2 aromatic carbocycles. The van der Waals surface area contributed by atoms with E-state index in [1.54, 1.807) is 24.4 Å². The Kier molecular flexibility index (Phi) is 4.07. The summed E-state index contributed by atoms with van der Waals surface area (Å²) in [6, 6.07) is 18.8. The molecule has 4 rings (SSSR count). The first-order valence-electron chi connectivity index (χ1n) is 8.16. The highest BCUT2D eigenvalue weighted by atomic mass is 16.3. The van der Waals surface area contributed by atoms with Crippen LogP contribution in [0.2, 0.25) is 0 Å². The van der Waals surface area contributed by atoms with Crippen LogP contribution in [-0.2, 0) is 6.54 Å². The fraction of sp³-hybridized carbons (Fsp3) is 0.0500. The topological polar surface area (TPSA) is 90.9 Å². The van der Waals surface area contributed by atoms with Crippen molar-refractivity contribution in [3.63, 3.8) is 0 Å². The van der Waals surface area contributed by atoms with Crippen LogP contribution in [-0.4, -0.2) is 20.1 Å². The van der Waals surface area contributed by atoms with Gasteiger partial charge in [0, 0.05) is 12.7 Å². The average Bonchev–Trinajstić information content (AvgIpc) is 2.67. The second-order valence-corrected chi connectivity index (χ2v) is 5.89. The lowest BCUT2D eigenvalue weighted by molar-refractivity contribution is 0.475. The molecular formula is C20H16N4O2. The molecule has 0 saturated carbocycles. The van der Waals surface area contributed by atoms with Crippen LogP contribution in [0.3, 0.4) is 0 Å². The van der Waals surface area contributed by atoms with Gasteiger partial charge in [0.25, 0.3) is 0 Å². The largest absolute Gasteiger partial charge is 0.508 e. The number of hydrogen-bond acceptors (Lipinski definition) is 5. The number of fused-ring (bicyclic) bond motifs is 1. The number of aromatic amines is 1. The number of H-pyrrole nitrogens is 1. The van der Waals surface area contributed by atoms with Gasteiger partial charge in [0.2, 0.25) is 0 Å². The predicted octanol–water partition coefficient (Wildman–Crippen LogP) is 3.30. The van der Waals surface area contributed by atoms with E-state index in [0.717, 1.165) is 22.1 Å². The summed E-state index contributed by atoms with van der Waals surface area (Å²) < 4.78 is 0. The van der Waals surface area contributed by atoms with Crippen molar-refractivity contribution in [1.82, 2.24) is 15.0 Å². The number of nitrogens with zero attached hydrogens (tertiary/aromatic N) is 2. The highest BCUT2D eigenvalue weighted by molar-refractivity contribution is 5.85. The van der Waals surface area contributed by atoms with Gasteiger partial charge in [0.1, 0.15) is 17.2 Å². The maximum Gasteiger partial charge on any atom is 0.348 e. The predicted molar refractivity (Wildman–Crippen MR) is 101 cm³/mol. The Morgan fingerprint density at radius 1 is 0.962 bits per heavy atom.